The quantitative estimate of drug-likeness (QED) is 0.656. The first-order valence-electron chi connectivity index (χ1n) is 3.40. The Morgan fingerprint density at radius 2 is 1.54 bits per heavy atom. The van der Waals surface area contributed by atoms with Crippen LogP contribution in [0.3, 0.4) is 0 Å². The van der Waals surface area contributed by atoms with Crippen molar-refractivity contribution in [3.05, 3.63) is 51.0 Å². The molecule has 1 aromatic carbocycles. The second-order valence-corrected chi connectivity index (χ2v) is 2.31. The van der Waals surface area contributed by atoms with E-state index in [2.05, 4.69) is 0 Å². The molecule has 2 rings (SSSR count). The summed E-state index contributed by atoms with van der Waals surface area (Å²) in [6.45, 7) is 0. The van der Waals surface area contributed by atoms with Crippen LogP contribution in [0.2, 0.25) is 0 Å². The van der Waals surface area contributed by atoms with Crippen LogP contribution in [0.25, 0.3) is 0 Å². The lowest BCUT2D eigenvalue weighted by molar-refractivity contribution is 0.236. The van der Waals surface area contributed by atoms with Gasteiger partial charge in [-0.2, -0.15) is 0 Å². The van der Waals surface area contributed by atoms with Crippen molar-refractivity contribution >= 4 is 12.4 Å². The lowest BCUT2D eigenvalue weighted by atomic mass is 10.3. The van der Waals surface area contributed by atoms with Gasteiger partial charge in [-0.25, -0.2) is 0 Å². The maximum Gasteiger partial charge on any atom is 0.356 e. The summed E-state index contributed by atoms with van der Waals surface area (Å²) < 4.78 is 0.718. The van der Waals surface area contributed by atoms with Gasteiger partial charge >= 0.3 is 11.1 Å². The van der Waals surface area contributed by atoms with Gasteiger partial charge in [0.25, 0.3) is 0 Å². The van der Waals surface area contributed by atoms with Crippen molar-refractivity contribution in [2.75, 3.05) is 0 Å². The molecule has 0 N–H and O–H groups in total. The van der Waals surface area contributed by atoms with Crippen LogP contribution in [0.4, 0.5) is 0 Å². The Balaban J connectivity index is 0.000000845. The minimum Gasteiger partial charge on any atom is -0.368 e. The van der Waals surface area contributed by atoms with Crippen LogP contribution in [0, 0.1) is 0 Å². The summed E-state index contributed by atoms with van der Waals surface area (Å²) in [4.78, 5) is 25.8. The fourth-order valence-corrected chi connectivity index (χ4v) is 0.792. The highest BCUT2D eigenvalue weighted by Gasteiger charge is 2.17. The zero-order valence-corrected chi connectivity index (χ0v) is 7.28. The summed E-state index contributed by atoms with van der Waals surface area (Å²) in [5.74, 6) is 0.483. The molecular formula is C8H6ClNO3. The van der Waals surface area contributed by atoms with E-state index >= 15 is 0 Å². The molecule has 0 spiro atoms. The monoisotopic (exact) mass is 199 g/mol. The number of halogens is 1. The second kappa shape index (κ2) is 3.45. The van der Waals surface area contributed by atoms with E-state index in [1.165, 1.54) is 0 Å². The molecule has 0 aliphatic heterocycles. The molecule has 1 heterocycles. The summed E-state index contributed by atoms with van der Waals surface area (Å²) in [5.41, 5.74) is -1.20. The maximum atomic E-state index is 10.5. The predicted molar refractivity (Wildman–Crippen MR) is 49.1 cm³/mol. The van der Waals surface area contributed by atoms with E-state index < -0.39 is 11.1 Å². The van der Waals surface area contributed by atoms with Crippen LogP contribution in [0.1, 0.15) is 0 Å². The van der Waals surface area contributed by atoms with E-state index in [0.717, 1.165) is 4.73 Å². The van der Waals surface area contributed by atoms with E-state index in [9.17, 15) is 9.59 Å². The van der Waals surface area contributed by atoms with E-state index in [4.69, 9.17) is 4.84 Å². The van der Waals surface area contributed by atoms with Gasteiger partial charge in [0.15, 0.2) is 5.75 Å². The number of hydrogen-bond acceptors (Lipinski definition) is 3. The molecular weight excluding hydrogens is 194 g/mol. The molecule has 0 radical (unpaired) electrons. The van der Waals surface area contributed by atoms with Crippen LogP contribution in [0.15, 0.2) is 39.9 Å². The van der Waals surface area contributed by atoms with Gasteiger partial charge in [0, 0.05) is 0 Å². The molecule has 5 heteroatoms. The molecule has 0 bridgehead atoms. The van der Waals surface area contributed by atoms with E-state index in [1.807, 2.05) is 6.07 Å². The average molecular weight is 200 g/mol. The van der Waals surface area contributed by atoms with Crippen molar-refractivity contribution in [2.45, 2.75) is 0 Å². The van der Waals surface area contributed by atoms with Gasteiger partial charge in [-0.3, -0.25) is 9.59 Å². The normalized spacial score (nSPS) is 9.54. The van der Waals surface area contributed by atoms with Crippen LogP contribution < -0.4 is 16.0 Å². The van der Waals surface area contributed by atoms with Crippen molar-refractivity contribution in [2.24, 2.45) is 0 Å². The number of para-hydroxylation sites is 1. The molecule has 2 aromatic rings. The van der Waals surface area contributed by atoms with Crippen LogP contribution in [0.5, 0.6) is 5.75 Å². The predicted octanol–water partition coefficient (Wildman–Crippen LogP) is 0.348. The summed E-state index contributed by atoms with van der Waals surface area (Å²) in [6.07, 6.45) is 0. The highest BCUT2D eigenvalue weighted by Crippen LogP contribution is 2.07. The molecule has 4 nitrogen and oxygen atoms in total. The van der Waals surface area contributed by atoms with Gasteiger partial charge in [-0.05, 0) is 12.1 Å². The number of hydrogen-bond donors (Lipinski definition) is 0. The Hall–Kier alpha value is -1.55. The molecule has 0 aliphatic rings. The first-order valence-corrected chi connectivity index (χ1v) is 3.40. The number of nitrogens with zero attached hydrogens (tertiary/aromatic N) is 1. The molecule has 0 amide bonds. The zero-order valence-electron chi connectivity index (χ0n) is 6.47. The third kappa shape index (κ3) is 1.78. The van der Waals surface area contributed by atoms with Gasteiger partial charge in [-0.15, -0.1) is 12.4 Å². The number of aromatic nitrogens is 1. The van der Waals surface area contributed by atoms with Gasteiger partial charge in [0.05, 0.1) is 0 Å². The fraction of sp³-hybridized carbons (Fsp3) is 0. The molecule has 0 saturated heterocycles. The van der Waals surface area contributed by atoms with Crippen molar-refractivity contribution < 1.29 is 4.84 Å². The van der Waals surface area contributed by atoms with Gasteiger partial charge in [-0.1, -0.05) is 22.9 Å². The SMILES string of the molecule is Cl.O=c1c(=O)n1Oc1ccccc1. The van der Waals surface area contributed by atoms with Crippen molar-refractivity contribution in [1.29, 1.82) is 0 Å². The van der Waals surface area contributed by atoms with Crippen molar-refractivity contribution in [3.63, 3.8) is 0 Å². The zero-order chi connectivity index (χ0) is 8.55. The highest BCUT2D eigenvalue weighted by atomic mass is 35.5. The second-order valence-electron chi connectivity index (χ2n) is 2.31. The Kier molecular flexibility index (Phi) is 2.53. The number of rotatable bonds is 2. The van der Waals surface area contributed by atoms with E-state index in [0.29, 0.717) is 5.75 Å². The highest BCUT2D eigenvalue weighted by molar-refractivity contribution is 5.85. The minimum absolute atomic E-state index is 0. The lowest BCUT2D eigenvalue weighted by Gasteiger charge is -1.95. The van der Waals surface area contributed by atoms with Crippen LogP contribution >= 0.6 is 12.4 Å². The topological polar surface area (TPSA) is 48.3 Å². The third-order valence-corrected chi connectivity index (χ3v) is 1.44. The van der Waals surface area contributed by atoms with Gasteiger partial charge in [0.1, 0.15) is 0 Å². The molecule has 0 unspecified atom stereocenters. The summed E-state index contributed by atoms with van der Waals surface area (Å²) in [7, 11) is 0. The van der Waals surface area contributed by atoms with Gasteiger partial charge in [0.2, 0.25) is 0 Å². The fourth-order valence-electron chi connectivity index (χ4n) is 0.792. The molecule has 68 valence electrons. The Labute approximate surface area is 79.4 Å². The van der Waals surface area contributed by atoms with Crippen molar-refractivity contribution in [1.82, 2.24) is 4.73 Å². The molecule has 1 aromatic heterocycles. The van der Waals surface area contributed by atoms with Crippen molar-refractivity contribution in [3.8, 4) is 5.75 Å². The number of benzene rings is 1. The summed E-state index contributed by atoms with van der Waals surface area (Å²) >= 11 is 0. The lowest BCUT2D eigenvalue weighted by Crippen LogP contribution is -2.02. The Morgan fingerprint density at radius 3 is 2.00 bits per heavy atom. The summed E-state index contributed by atoms with van der Waals surface area (Å²) in [5, 5.41) is 0. The smallest absolute Gasteiger partial charge is 0.356 e. The molecule has 0 atom stereocenters. The van der Waals surface area contributed by atoms with E-state index in [1.54, 1.807) is 24.3 Å². The first kappa shape index (κ1) is 9.54. The third-order valence-electron chi connectivity index (χ3n) is 1.44. The van der Waals surface area contributed by atoms with E-state index in [-0.39, 0.29) is 12.4 Å². The molecule has 13 heavy (non-hydrogen) atoms. The molecule has 0 aliphatic carbocycles. The first-order chi connectivity index (χ1) is 5.79. The Morgan fingerprint density at radius 1 is 1.00 bits per heavy atom. The van der Waals surface area contributed by atoms with Gasteiger partial charge < -0.3 is 4.84 Å². The molecule has 0 fully saturated rings. The largest absolute Gasteiger partial charge is 0.368 e. The average Bonchev–Trinajstić information content (AvgIpc) is 2.65. The molecule has 0 saturated carbocycles. The standard InChI is InChI=1S/C8H5NO3.ClH/c10-7-8(11)9(7)12-6-4-2-1-3-5-6;/h1-5H;1H. The van der Waals surface area contributed by atoms with Crippen LogP contribution in [-0.4, -0.2) is 4.73 Å². The Bertz CT molecular complexity index is 430. The maximum absolute atomic E-state index is 10.5. The minimum atomic E-state index is -0.598. The van der Waals surface area contributed by atoms with Crippen LogP contribution in [-0.2, 0) is 0 Å². The summed E-state index contributed by atoms with van der Waals surface area (Å²) in [6, 6.07) is 8.66.